The smallest absolute Gasteiger partial charge is 0.209 e. The van der Waals surface area contributed by atoms with Gasteiger partial charge in [-0.3, -0.25) is 0 Å². The average Bonchev–Trinajstić information content (AvgIpc) is 2.39. The molecule has 0 saturated heterocycles. The first-order valence-corrected chi connectivity index (χ1v) is 6.67. The summed E-state index contributed by atoms with van der Waals surface area (Å²) in [7, 11) is -2.44. The van der Waals surface area contributed by atoms with Gasteiger partial charge in [0, 0.05) is 6.07 Å². The normalized spacial score (nSPS) is 11.2. The van der Waals surface area contributed by atoms with Gasteiger partial charge in [-0.05, 0) is 24.3 Å². The fourth-order valence-electron chi connectivity index (χ4n) is 1.55. The largest absolute Gasteiger partial charge is 0.497 e. The third-order valence-electron chi connectivity index (χ3n) is 2.48. The molecule has 5 heteroatoms. The Labute approximate surface area is 105 Å². The minimum absolute atomic E-state index is 0.0640. The summed E-state index contributed by atoms with van der Waals surface area (Å²) in [5, 5.41) is 0. The fourth-order valence-corrected chi connectivity index (χ4v) is 2.89. The van der Waals surface area contributed by atoms with E-state index in [-0.39, 0.29) is 15.5 Å². The van der Waals surface area contributed by atoms with Gasteiger partial charge in [0.2, 0.25) is 9.84 Å². The van der Waals surface area contributed by atoms with Gasteiger partial charge in [0.1, 0.15) is 16.5 Å². The molecule has 0 radical (unpaired) electrons. The standard InChI is InChI=1S/C13H11FO3S/c1-17-10-7-8-13(12(14)9-10)18(15,16)11-5-3-2-4-6-11/h2-9H,1H3. The maximum absolute atomic E-state index is 13.8. The number of benzene rings is 2. The van der Waals surface area contributed by atoms with Crippen LogP contribution in [-0.4, -0.2) is 15.5 Å². The van der Waals surface area contributed by atoms with Crippen molar-refractivity contribution in [3.8, 4) is 5.75 Å². The highest BCUT2D eigenvalue weighted by Crippen LogP contribution is 2.25. The van der Waals surface area contributed by atoms with Crippen molar-refractivity contribution in [1.82, 2.24) is 0 Å². The summed E-state index contributed by atoms with van der Waals surface area (Å²) in [6.07, 6.45) is 0. The highest BCUT2D eigenvalue weighted by Gasteiger charge is 2.21. The zero-order valence-corrected chi connectivity index (χ0v) is 10.4. The average molecular weight is 266 g/mol. The van der Waals surface area contributed by atoms with Crippen LogP contribution in [0.15, 0.2) is 58.3 Å². The van der Waals surface area contributed by atoms with Crippen molar-refractivity contribution in [2.45, 2.75) is 9.79 Å². The van der Waals surface area contributed by atoms with Crippen LogP contribution in [0, 0.1) is 5.82 Å². The van der Waals surface area contributed by atoms with Crippen LogP contribution in [0.3, 0.4) is 0 Å². The highest BCUT2D eigenvalue weighted by molar-refractivity contribution is 7.91. The van der Waals surface area contributed by atoms with Crippen LogP contribution in [0.4, 0.5) is 4.39 Å². The zero-order valence-electron chi connectivity index (χ0n) is 9.63. The molecule has 0 fully saturated rings. The lowest BCUT2D eigenvalue weighted by atomic mass is 10.3. The molecule has 3 nitrogen and oxygen atoms in total. The van der Waals surface area contributed by atoms with E-state index in [2.05, 4.69) is 0 Å². The fraction of sp³-hybridized carbons (Fsp3) is 0.0769. The minimum Gasteiger partial charge on any atom is -0.497 e. The summed E-state index contributed by atoms with van der Waals surface area (Å²) in [6, 6.07) is 11.4. The Morgan fingerprint density at radius 2 is 1.72 bits per heavy atom. The quantitative estimate of drug-likeness (QED) is 0.857. The first-order valence-electron chi connectivity index (χ1n) is 5.19. The van der Waals surface area contributed by atoms with Crippen LogP contribution >= 0.6 is 0 Å². The summed E-state index contributed by atoms with van der Waals surface area (Å²) < 4.78 is 42.9. The third-order valence-corrected chi connectivity index (χ3v) is 4.28. The number of rotatable bonds is 3. The molecule has 0 spiro atoms. The van der Waals surface area contributed by atoms with E-state index in [1.54, 1.807) is 18.2 Å². The van der Waals surface area contributed by atoms with Gasteiger partial charge in [0.05, 0.1) is 12.0 Å². The monoisotopic (exact) mass is 266 g/mol. The molecule has 0 atom stereocenters. The molecular weight excluding hydrogens is 255 g/mol. The first kappa shape index (κ1) is 12.6. The molecule has 0 saturated carbocycles. The molecule has 0 unspecified atom stereocenters. The summed E-state index contributed by atoms with van der Waals surface area (Å²) in [5.74, 6) is -0.544. The highest BCUT2D eigenvalue weighted by atomic mass is 32.2. The van der Waals surface area contributed by atoms with E-state index in [1.165, 1.54) is 31.4 Å². The molecule has 18 heavy (non-hydrogen) atoms. The molecular formula is C13H11FO3S. The van der Waals surface area contributed by atoms with Crippen molar-refractivity contribution in [2.75, 3.05) is 7.11 Å². The molecule has 94 valence electrons. The van der Waals surface area contributed by atoms with E-state index in [9.17, 15) is 12.8 Å². The van der Waals surface area contributed by atoms with Crippen LogP contribution in [0.2, 0.25) is 0 Å². The number of hydrogen-bond donors (Lipinski definition) is 0. The van der Waals surface area contributed by atoms with E-state index < -0.39 is 15.7 Å². The van der Waals surface area contributed by atoms with Crippen molar-refractivity contribution in [1.29, 1.82) is 0 Å². The molecule has 0 aliphatic carbocycles. The summed E-state index contributed by atoms with van der Waals surface area (Å²) in [6.45, 7) is 0. The lowest BCUT2D eigenvalue weighted by Gasteiger charge is -2.07. The van der Waals surface area contributed by atoms with Crippen LogP contribution in [0.1, 0.15) is 0 Å². The molecule has 0 heterocycles. The molecule has 0 bridgehead atoms. The Hall–Kier alpha value is -1.88. The first-order chi connectivity index (χ1) is 8.55. The Balaban J connectivity index is 2.55. The van der Waals surface area contributed by atoms with Gasteiger partial charge >= 0.3 is 0 Å². The third kappa shape index (κ3) is 2.22. The van der Waals surface area contributed by atoms with Gasteiger partial charge in [-0.25, -0.2) is 12.8 Å². The summed E-state index contributed by atoms with van der Waals surface area (Å²) in [5.41, 5.74) is 0. The SMILES string of the molecule is COc1ccc(S(=O)(=O)c2ccccc2)c(F)c1. The van der Waals surface area contributed by atoms with Gasteiger partial charge in [0.15, 0.2) is 0 Å². The Morgan fingerprint density at radius 3 is 2.28 bits per heavy atom. The lowest BCUT2D eigenvalue weighted by molar-refractivity contribution is 0.410. The molecule has 0 amide bonds. The van der Waals surface area contributed by atoms with Crippen LogP contribution in [0.5, 0.6) is 5.75 Å². The van der Waals surface area contributed by atoms with Gasteiger partial charge in [-0.2, -0.15) is 0 Å². The van der Waals surface area contributed by atoms with E-state index in [0.29, 0.717) is 0 Å². The van der Waals surface area contributed by atoms with Crippen LogP contribution in [0.25, 0.3) is 0 Å². The van der Waals surface area contributed by atoms with Gasteiger partial charge < -0.3 is 4.74 Å². The minimum atomic E-state index is -3.83. The molecule has 2 aromatic carbocycles. The van der Waals surface area contributed by atoms with Crippen LogP contribution in [-0.2, 0) is 9.84 Å². The lowest BCUT2D eigenvalue weighted by Crippen LogP contribution is -2.04. The van der Waals surface area contributed by atoms with Gasteiger partial charge in [-0.15, -0.1) is 0 Å². The molecule has 0 aromatic heterocycles. The maximum Gasteiger partial charge on any atom is 0.209 e. The zero-order chi connectivity index (χ0) is 13.2. The van der Waals surface area contributed by atoms with Crippen LogP contribution < -0.4 is 4.74 Å². The van der Waals surface area contributed by atoms with Crippen molar-refractivity contribution in [2.24, 2.45) is 0 Å². The molecule has 0 aliphatic heterocycles. The Bertz CT molecular complexity index is 651. The Kier molecular flexibility index (Phi) is 3.34. The molecule has 0 aliphatic rings. The maximum atomic E-state index is 13.8. The van der Waals surface area contributed by atoms with E-state index in [4.69, 9.17) is 4.74 Å². The van der Waals surface area contributed by atoms with Gasteiger partial charge in [0.25, 0.3) is 0 Å². The number of ether oxygens (including phenoxy) is 1. The molecule has 2 rings (SSSR count). The number of methoxy groups -OCH3 is 1. The molecule has 0 N–H and O–H groups in total. The second-order valence-electron chi connectivity index (χ2n) is 3.61. The van der Waals surface area contributed by atoms with Crippen molar-refractivity contribution >= 4 is 9.84 Å². The number of sulfone groups is 1. The topological polar surface area (TPSA) is 43.4 Å². The second kappa shape index (κ2) is 4.78. The van der Waals surface area contributed by atoms with E-state index in [0.717, 1.165) is 6.07 Å². The summed E-state index contributed by atoms with van der Waals surface area (Å²) >= 11 is 0. The predicted molar refractivity (Wildman–Crippen MR) is 64.8 cm³/mol. The summed E-state index contributed by atoms with van der Waals surface area (Å²) in [4.78, 5) is -0.288. The second-order valence-corrected chi connectivity index (χ2v) is 5.53. The van der Waals surface area contributed by atoms with Crippen molar-refractivity contribution < 1.29 is 17.5 Å². The van der Waals surface area contributed by atoms with E-state index >= 15 is 0 Å². The number of halogens is 1. The van der Waals surface area contributed by atoms with Gasteiger partial charge in [-0.1, -0.05) is 18.2 Å². The number of hydrogen-bond acceptors (Lipinski definition) is 3. The van der Waals surface area contributed by atoms with Crippen molar-refractivity contribution in [3.05, 3.63) is 54.3 Å². The van der Waals surface area contributed by atoms with E-state index in [1.807, 2.05) is 0 Å². The van der Waals surface area contributed by atoms with Crippen molar-refractivity contribution in [3.63, 3.8) is 0 Å². The predicted octanol–water partition coefficient (Wildman–Crippen LogP) is 2.67. The molecule has 2 aromatic rings. The Morgan fingerprint density at radius 1 is 1.06 bits per heavy atom.